The summed E-state index contributed by atoms with van der Waals surface area (Å²) in [6, 6.07) is 0. The Bertz CT molecular complexity index is 643. The molecule has 2 atom stereocenters. The molecule has 23 heavy (non-hydrogen) atoms. The molecular formula is C14H15BrClN5O2. The van der Waals surface area contributed by atoms with Gasteiger partial charge in [0.05, 0.1) is 29.6 Å². The Balaban J connectivity index is 1.54. The van der Waals surface area contributed by atoms with E-state index in [2.05, 4.69) is 35.9 Å². The van der Waals surface area contributed by atoms with Gasteiger partial charge in [-0.15, -0.1) is 0 Å². The molecule has 0 bridgehead atoms. The first-order valence-corrected chi connectivity index (χ1v) is 8.30. The summed E-state index contributed by atoms with van der Waals surface area (Å²) in [4.78, 5) is 18.2. The number of hydrogen-bond donors (Lipinski definition) is 1. The smallest absolute Gasteiger partial charge is 0.225 e. The number of ether oxygens (including phenoxy) is 1. The number of rotatable bonds is 4. The SMILES string of the molecule is OC1CN(c2ncc(Br)cn2)CCC1COc1cnc(Cl)nc1. The van der Waals surface area contributed by atoms with E-state index in [1.165, 1.54) is 12.4 Å². The number of aliphatic hydroxyl groups is 1. The van der Waals surface area contributed by atoms with Crippen LogP contribution in [0, 0.1) is 5.92 Å². The number of halogens is 2. The van der Waals surface area contributed by atoms with Crippen molar-refractivity contribution in [1.82, 2.24) is 19.9 Å². The molecule has 2 unspecified atom stereocenters. The number of aliphatic hydroxyl groups excluding tert-OH is 1. The lowest BCUT2D eigenvalue weighted by molar-refractivity contribution is 0.0611. The number of aromatic nitrogens is 4. The minimum absolute atomic E-state index is 0.0392. The third kappa shape index (κ3) is 4.27. The summed E-state index contributed by atoms with van der Waals surface area (Å²) in [5.41, 5.74) is 0. The molecule has 0 radical (unpaired) electrons. The van der Waals surface area contributed by atoms with Crippen LogP contribution in [0.2, 0.25) is 5.28 Å². The lowest BCUT2D eigenvalue weighted by atomic mass is 9.95. The van der Waals surface area contributed by atoms with Gasteiger partial charge in [-0.3, -0.25) is 0 Å². The Hall–Kier alpha value is -1.51. The van der Waals surface area contributed by atoms with Crippen molar-refractivity contribution in [2.24, 2.45) is 5.92 Å². The highest BCUT2D eigenvalue weighted by molar-refractivity contribution is 9.10. The minimum Gasteiger partial charge on any atom is -0.490 e. The molecule has 2 aromatic heterocycles. The van der Waals surface area contributed by atoms with Crippen molar-refractivity contribution in [2.75, 3.05) is 24.6 Å². The largest absolute Gasteiger partial charge is 0.490 e. The van der Waals surface area contributed by atoms with Crippen LogP contribution >= 0.6 is 27.5 Å². The fraction of sp³-hybridized carbons (Fsp3) is 0.429. The van der Waals surface area contributed by atoms with Crippen molar-refractivity contribution < 1.29 is 9.84 Å². The van der Waals surface area contributed by atoms with E-state index >= 15 is 0 Å². The molecule has 0 aromatic carbocycles. The molecule has 9 heteroatoms. The maximum absolute atomic E-state index is 10.3. The number of anilines is 1. The minimum atomic E-state index is -0.510. The van der Waals surface area contributed by atoms with Gasteiger partial charge in [-0.2, -0.15) is 0 Å². The Morgan fingerprint density at radius 1 is 1.22 bits per heavy atom. The van der Waals surface area contributed by atoms with Gasteiger partial charge in [-0.05, 0) is 34.0 Å². The Morgan fingerprint density at radius 2 is 1.91 bits per heavy atom. The zero-order valence-electron chi connectivity index (χ0n) is 12.1. The highest BCUT2D eigenvalue weighted by atomic mass is 79.9. The topological polar surface area (TPSA) is 84.3 Å². The van der Waals surface area contributed by atoms with Crippen LogP contribution in [0.3, 0.4) is 0 Å². The van der Waals surface area contributed by atoms with Crippen LogP contribution in [0.15, 0.2) is 29.3 Å². The molecule has 3 rings (SSSR count). The number of piperidine rings is 1. The Morgan fingerprint density at radius 3 is 2.57 bits per heavy atom. The van der Waals surface area contributed by atoms with Crippen molar-refractivity contribution in [3.63, 3.8) is 0 Å². The molecule has 1 fully saturated rings. The van der Waals surface area contributed by atoms with Crippen LogP contribution in [0.4, 0.5) is 5.95 Å². The predicted molar refractivity (Wildman–Crippen MR) is 88.6 cm³/mol. The second-order valence-corrected chi connectivity index (χ2v) is 6.52. The highest BCUT2D eigenvalue weighted by Crippen LogP contribution is 2.22. The molecule has 2 aromatic rings. The van der Waals surface area contributed by atoms with Crippen LogP contribution < -0.4 is 9.64 Å². The second kappa shape index (κ2) is 7.37. The van der Waals surface area contributed by atoms with E-state index in [9.17, 15) is 5.11 Å². The van der Waals surface area contributed by atoms with Crippen LogP contribution in [-0.2, 0) is 0 Å². The van der Waals surface area contributed by atoms with E-state index < -0.39 is 6.10 Å². The molecule has 1 aliphatic heterocycles. The predicted octanol–water partition coefficient (Wildman–Crippen LogP) is 1.95. The molecular weight excluding hydrogens is 386 g/mol. The van der Waals surface area contributed by atoms with Gasteiger partial charge >= 0.3 is 0 Å². The fourth-order valence-electron chi connectivity index (χ4n) is 2.40. The quantitative estimate of drug-likeness (QED) is 0.785. The van der Waals surface area contributed by atoms with Crippen LogP contribution in [0.25, 0.3) is 0 Å². The zero-order chi connectivity index (χ0) is 16.2. The zero-order valence-corrected chi connectivity index (χ0v) is 14.5. The molecule has 0 aliphatic carbocycles. The van der Waals surface area contributed by atoms with Gasteiger partial charge in [-0.1, -0.05) is 0 Å². The molecule has 7 nitrogen and oxygen atoms in total. The molecule has 122 valence electrons. The average molecular weight is 401 g/mol. The first-order valence-electron chi connectivity index (χ1n) is 7.13. The van der Waals surface area contributed by atoms with Gasteiger partial charge in [0.1, 0.15) is 0 Å². The summed E-state index contributed by atoms with van der Waals surface area (Å²) in [7, 11) is 0. The van der Waals surface area contributed by atoms with E-state index in [0.717, 1.165) is 17.4 Å². The highest BCUT2D eigenvalue weighted by Gasteiger charge is 2.29. The van der Waals surface area contributed by atoms with E-state index in [-0.39, 0.29) is 11.2 Å². The first kappa shape index (κ1) is 16.4. The summed E-state index contributed by atoms with van der Waals surface area (Å²) in [5, 5.41) is 10.5. The first-order chi connectivity index (χ1) is 11.1. The van der Waals surface area contributed by atoms with Gasteiger partial charge < -0.3 is 14.7 Å². The normalized spacial score (nSPS) is 21.3. The van der Waals surface area contributed by atoms with Gasteiger partial charge in [0.2, 0.25) is 11.2 Å². The van der Waals surface area contributed by atoms with Gasteiger partial charge in [-0.25, -0.2) is 19.9 Å². The van der Waals surface area contributed by atoms with Crippen molar-refractivity contribution in [3.05, 3.63) is 34.5 Å². The number of nitrogens with zero attached hydrogens (tertiary/aromatic N) is 5. The maximum Gasteiger partial charge on any atom is 0.225 e. The van der Waals surface area contributed by atoms with Crippen molar-refractivity contribution in [3.8, 4) is 5.75 Å². The van der Waals surface area contributed by atoms with Gasteiger partial charge in [0.25, 0.3) is 0 Å². The standard InChI is InChI=1S/C14H15BrClN5O2/c15-10-3-19-14(20-4-10)21-2-1-9(12(22)7-21)8-23-11-5-17-13(16)18-6-11/h3-6,9,12,22H,1-2,7-8H2. The number of β-amino-alcohol motifs (C(OH)–C–C–N with tert-alkyl or cyclic N) is 1. The van der Waals surface area contributed by atoms with Crippen LogP contribution in [0.5, 0.6) is 5.75 Å². The Labute approximate surface area is 146 Å². The van der Waals surface area contributed by atoms with Crippen LogP contribution in [0.1, 0.15) is 6.42 Å². The fourth-order valence-corrected chi connectivity index (χ4v) is 2.71. The Kier molecular flexibility index (Phi) is 5.24. The molecule has 1 aliphatic rings. The summed E-state index contributed by atoms with van der Waals surface area (Å²) < 4.78 is 6.46. The van der Waals surface area contributed by atoms with Crippen LogP contribution in [-0.4, -0.2) is 50.8 Å². The lowest BCUT2D eigenvalue weighted by Crippen LogP contribution is -2.46. The average Bonchev–Trinajstić information content (AvgIpc) is 2.56. The lowest BCUT2D eigenvalue weighted by Gasteiger charge is -2.35. The molecule has 1 N–H and O–H groups in total. The number of hydrogen-bond acceptors (Lipinski definition) is 7. The van der Waals surface area contributed by atoms with E-state index in [1.807, 2.05) is 4.90 Å². The summed E-state index contributed by atoms with van der Waals surface area (Å²) in [5.74, 6) is 1.20. The van der Waals surface area contributed by atoms with Crippen molar-refractivity contribution in [1.29, 1.82) is 0 Å². The molecule has 3 heterocycles. The second-order valence-electron chi connectivity index (χ2n) is 5.26. The molecule has 0 amide bonds. The van der Waals surface area contributed by atoms with E-state index in [4.69, 9.17) is 16.3 Å². The van der Waals surface area contributed by atoms with Gasteiger partial charge in [0, 0.05) is 31.4 Å². The summed E-state index contributed by atoms with van der Waals surface area (Å²) in [6.07, 6.45) is 6.72. The van der Waals surface area contributed by atoms with Crippen molar-refractivity contribution in [2.45, 2.75) is 12.5 Å². The van der Waals surface area contributed by atoms with E-state index in [1.54, 1.807) is 12.4 Å². The molecule has 0 spiro atoms. The van der Waals surface area contributed by atoms with Gasteiger partial charge in [0.15, 0.2) is 5.75 Å². The van der Waals surface area contributed by atoms with E-state index in [0.29, 0.717) is 24.8 Å². The molecule has 1 saturated heterocycles. The maximum atomic E-state index is 10.3. The molecule has 0 saturated carbocycles. The van der Waals surface area contributed by atoms with Crippen molar-refractivity contribution >= 4 is 33.5 Å². The third-order valence-electron chi connectivity index (χ3n) is 3.67. The third-order valence-corrected chi connectivity index (χ3v) is 4.28. The summed E-state index contributed by atoms with van der Waals surface area (Å²) >= 11 is 8.94. The summed E-state index contributed by atoms with van der Waals surface area (Å²) in [6.45, 7) is 1.65. The monoisotopic (exact) mass is 399 g/mol.